The number of rotatable bonds is 4. The normalized spacial score (nSPS) is 20.7. The van der Waals surface area contributed by atoms with Gasteiger partial charge >= 0.3 is 0 Å². The maximum Gasteiger partial charge on any atom is 0.0385 e. The van der Waals surface area contributed by atoms with Crippen LogP contribution in [0.2, 0.25) is 0 Å². The third-order valence-corrected chi connectivity index (χ3v) is 5.22. The Morgan fingerprint density at radius 2 is 2.00 bits per heavy atom. The smallest absolute Gasteiger partial charge is 0.0385 e. The van der Waals surface area contributed by atoms with Crippen LogP contribution < -0.4 is 5.32 Å². The fraction of sp³-hybridized carbons (Fsp3) is 0.733. The van der Waals surface area contributed by atoms with E-state index in [2.05, 4.69) is 39.1 Å². The predicted molar refractivity (Wildman–Crippen MR) is 76.8 cm³/mol. The fourth-order valence-electron chi connectivity index (χ4n) is 3.34. The summed E-state index contributed by atoms with van der Waals surface area (Å²) in [5.74, 6) is 0. The number of hydrogen-bond donors (Lipinski definition) is 1. The van der Waals surface area contributed by atoms with Crippen LogP contribution in [-0.4, -0.2) is 6.54 Å². The first kappa shape index (κ1) is 13.1. The molecule has 1 heterocycles. The fourth-order valence-corrected chi connectivity index (χ4v) is 4.31. The van der Waals surface area contributed by atoms with E-state index in [1.807, 2.05) is 11.3 Å². The van der Waals surface area contributed by atoms with Gasteiger partial charge in [0.1, 0.15) is 0 Å². The number of hydrogen-bond acceptors (Lipinski definition) is 2. The molecule has 1 fully saturated rings. The van der Waals surface area contributed by atoms with Crippen LogP contribution in [0.1, 0.15) is 60.9 Å². The second-order valence-corrected chi connectivity index (χ2v) is 7.18. The monoisotopic (exact) mass is 251 g/mol. The van der Waals surface area contributed by atoms with Gasteiger partial charge in [-0.15, -0.1) is 11.3 Å². The van der Waals surface area contributed by atoms with Crippen molar-refractivity contribution in [2.75, 3.05) is 6.54 Å². The van der Waals surface area contributed by atoms with E-state index in [9.17, 15) is 0 Å². The Labute approximate surface area is 110 Å². The average Bonchev–Trinajstić information content (AvgIpc) is 2.83. The van der Waals surface area contributed by atoms with Crippen LogP contribution in [0.4, 0.5) is 0 Å². The summed E-state index contributed by atoms with van der Waals surface area (Å²) in [5.41, 5.74) is 2.02. The summed E-state index contributed by atoms with van der Waals surface area (Å²) in [6, 6.07) is 2.96. The van der Waals surface area contributed by atoms with Crippen molar-refractivity contribution in [3.8, 4) is 0 Å². The lowest BCUT2D eigenvalue weighted by Crippen LogP contribution is -2.34. The molecule has 0 amide bonds. The Morgan fingerprint density at radius 3 is 2.47 bits per heavy atom. The molecule has 17 heavy (non-hydrogen) atoms. The van der Waals surface area contributed by atoms with E-state index in [1.165, 1.54) is 35.4 Å². The summed E-state index contributed by atoms with van der Waals surface area (Å²) in [6.45, 7) is 10.3. The molecular weight excluding hydrogens is 226 g/mol. The van der Waals surface area contributed by atoms with Gasteiger partial charge in [0.05, 0.1) is 0 Å². The molecule has 0 spiro atoms. The van der Waals surface area contributed by atoms with Crippen molar-refractivity contribution in [3.05, 3.63) is 21.4 Å². The minimum absolute atomic E-state index is 0.467. The summed E-state index contributed by atoms with van der Waals surface area (Å²) < 4.78 is 0. The molecule has 1 N–H and O–H groups in total. The van der Waals surface area contributed by atoms with E-state index in [1.54, 1.807) is 5.56 Å². The number of nitrogens with one attached hydrogen (secondary N) is 1. The van der Waals surface area contributed by atoms with Crippen molar-refractivity contribution < 1.29 is 0 Å². The summed E-state index contributed by atoms with van der Waals surface area (Å²) in [6.07, 6.45) is 5.55. The summed E-state index contributed by atoms with van der Waals surface area (Å²) in [7, 11) is 0. The number of thiophene rings is 1. The van der Waals surface area contributed by atoms with Crippen molar-refractivity contribution in [2.24, 2.45) is 5.41 Å². The molecule has 0 saturated heterocycles. The van der Waals surface area contributed by atoms with Gasteiger partial charge in [-0.25, -0.2) is 0 Å². The molecule has 0 radical (unpaired) electrons. The molecule has 2 heteroatoms. The van der Waals surface area contributed by atoms with E-state index >= 15 is 0 Å². The van der Waals surface area contributed by atoms with Gasteiger partial charge in [0.25, 0.3) is 0 Å². The molecule has 1 saturated carbocycles. The van der Waals surface area contributed by atoms with Crippen LogP contribution in [0.25, 0.3) is 0 Å². The first-order valence-corrected chi connectivity index (χ1v) is 7.69. The van der Waals surface area contributed by atoms with Gasteiger partial charge in [-0.1, -0.05) is 26.7 Å². The van der Waals surface area contributed by atoms with Gasteiger partial charge in [0.2, 0.25) is 0 Å². The maximum absolute atomic E-state index is 3.74. The summed E-state index contributed by atoms with van der Waals surface area (Å²) >= 11 is 1.94. The molecule has 1 aliphatic rings. The summed E-state index contributed by atoms with van der Waals surface area (Å²) in [5, 5.41) is 3.74. The van der Waals surface area contributed by atoms with Gasteiger partial charge in [-0.3, -0.25) is 0 Å². The van der Waals surface area contributed by atoms with Crippen LogP contribution in [-0.2, 0) is 0 Å². The first-order chi connectivity index (χ1) is 8.07. The minimum Gasteiger partial charge on any atom is -0.310 e. The van der Waals surface area contributed by atoms with Crippen LogP contribution in [0.3, 0.4) is 0 Å². The van der Waals surface area contributed by atoms with E-state index in [0.717, 1.165) is 6.54 Å². The molecule has 1 unspecified atom stereocenters. The Morgan fingerprint density at radius 1 is 1.35 bits per heavy atom. The predicted octanol–water partition coefficient (Wildman–Crippen LogP) is 4.60. The molecule has 1 aromatic rings. The Bertz CT molecular complexity index is 374. The van der Waals surface area contributed by atoms with E-state index in [0.29, 0.717) is 11.5 Å². The average molecular weight is 251 g/mol. The second kappa shape index (κ2) is 5.11. The quantitative estimate of drug-likeness (QED) is 0.825. The lowest BCUT2D eigenvalue weighted by Gasteiger charge is -2.35. The van der Waals surface area contributed by atoms with Gasteiger partial charge < -0.3 is 5.32 Å². The van der Waals surface area contributed by atoms with Crippen molar-refractivity contribution in [3.63, 3.8) is 0 Å². The largest absolute Gasteiger partial charge is 0.310 e. The lowest BCUT2D eigenvalue weighted by atomic mass is 9.77. The standard InChI is InChI=1S/C15H25NS/c1-5-16-14(15(4)8-6-7-9-15)13-10-11(2)17-12(13)3/h10,14,16H,5-9H2,1-4H3. The van der Waals surface area contributed by atoms with Crippen molar-refractivity contribution in [2.45, 2.75) is 59.4 Å². The van der Waals surface area contributed by atoms with E-state index in [4.69, 9.17) is 0 Å². The van der Waals surface area contributed by atoms with Gasteiger partial charge in [0, 0.05) is 15.8 Å². The topological polar surface area (TPSA) is 12.0 Å². The van der Waals surface area contributed by atoms with Gasteiger partial charge in [0.15, 0.2) is 0 Å². The molecule has 1 aliphatic carbocycles. The zero-order valence-electron chi connectivity index (χ0n) is 11.6. The molecule has 1 aromatic heterocycles. The molecule has 0 aliphatic heterocycles. The highest BCUT2D eigenvalue weighted by molar-refractivity contribution is 7.12. The third-order valence-electron chi connectivity index (χ3n) is 4.24. The Balaban J connectivity index is 2.31. The molecular formula is C15H25NS. The van der Waals surface area contributed by atoms with Crippen molar-refractivity contribution in [1.82, 2.24) is 5.32 Å². The molecule has 0 aromatic carbocycles. The van der Waals surface area contributed by atoms with Crippen molar-refractivity contribution >= 4 is 11.3 Å². The van der Waals surface area contributed by atoms with E-state index in [-0.39, 0.29) is 0 Å². The van der Waals surface area contributed by atoms with Gasteiger partial charge in [-0.05, 0) is 50.3 Å². The molecule has 2 rings (SSSR count). The minimum atomic E-state index is 0.467. The molecule has 1 nitrogen and oxygen atoms in total. The van der Waals surface area contributed by atoms with Crippen LogP contribution in [0.15, 0.2) is 6.07 Å². The summed E-state index contributed by atoms with van der Waals surface area (Å²) in [4.78, 5) is 2.95. The Kier molecular flexibility index (Phi) is 3.94. The van der Waals surface area contributed by atoms with Crippen LogP contribution >= 0.6 is 11.3 Å². The SMILES string of the molecule is CCNC(c1cc(C)sc1C)C1(C)CCCC1. The van der Waals surface area contributed by atoms with E-state index < -0.39 is 0 Å². The third kappa shape index (κ3) is 2.58. The maximum atomic E-state index is 3.74. The van der Waals surface area contributed by atoms with Crippen molar-refractivity contribution in [1.29, 1.82) is 0 Å². The van der Waals surface area contributed by atoms with Crippen LogP contribution in [0.5, 0.6) is 0 Å². The number of aryl methyl sites for hydroxylation is 2. The molecule has 1 atom stereocenters. The highest BCUT2D eigenvalue weighted by atomic mass is 32.1. The lowest BCUT2D eigenvalue weighted by molar-refractivity contribution is 0.226. The zero-order valence-corrected chi connectivity index (χ0v) is 12.4. The Hall–Kier alpha value is -0.340. The first-order valence-electron chi connectivity index (χ1n) is 6.87. The molecule has 96 valence electrons. The van der Waals surface area contributed by atoms with Crippen LogP contribution in [0, 0.1) is 19.3 Å². The highest BCUT2D eigenvalue weighted by Gasteiger charge is 2.38. The second-order valence-electron chi connectivity index (χ2n) is 5.72. The molecule has 0 bridgehead atoms. The van der Waals surface area contributed by atoms with Gasteiger partial charge in [-0.2, -0.15) is 0 Å². The highest BCUT2D eigenvalue weighted by Crippen LogP contribution is 2.48. The zero-order chi connectivity index (χ0) is 12.5.